The second-order valence-electron chi connectivity index (χ2n) is 6.61. The van der Waals surface area contributed by atoms with E-state index in [1.54, 1.807) is 55.9 Å². The largest absolute Gasteiger partial charge is 0.497 e. The first-order valence-corrected chi connectivity index (χ1v) is 11.1. The van der Waals surface area contributed by atoms with Gasteiger partial charge in [0.25, 0.3) is 5.91 Å². The Morgan fingerprint density at radius 3 is 2.53 bits per heavy atom. The van der Waals surface area contributed by atoms with E-state index in [2.05, 4.69) is 15.5 Å². The van der Waals surface area contributed by atoms with E-state index >= 15 is 0 Å². The van der Waals surface area contributed by atoms with Gasteiger partial charge in [-0.2, -0.15) is 0 Å². The first-order valence-electron chi connectivity index (χ1n) is 9.89. The number of rotatable bonds is 9. The van der Waals surface area contributed by atoms with Crippen LogP contribution >= 0.6 is 23.4 Å². The topological polar surface area (TPSA) is 95.3 Å². The summed E-state index contributed by atoms with van der Waals surface area (Å²) in [5, 5.41) is 11.8. The van der Waals surface area contributed by atoms with E-state index in [1.807, 2.05) is 18.2 Å². The normalized spacial score (nSPS) is 11.6. The smallest absolute Gasteiger partial charge is 0.319 e. The van der Waals surface area contributed by atoms with Crippen molar-refractivity contribution in [3.05, 3.63) is 64.9 Å². The molecule has 0 saturated carbocycles. The summed E-state index contributed by atoms with van der Waals surface area (Å²) in [7, 11) is 1.56. The van der Waals surface area contributed by atoms with Crippen molar-refractivity contribution in [2.24, 2.45) is 0 Å². The maximum absolute atomic E-state index is 12.6. The van der Waals surface area contributed by atoms with Gasteiger partial charge < -0.3 is 14.8 Å². The van der Waals surface area contributed by atoms with Crippen LogP contribution in [0, 0.1) is 0 Å². The van der Waals surface area contributed by atoms with Crippen molar-refractivity contribution < 1.29 is 19.1 Å². The molecule has 0 unspecified atom stereocenters. The lowest BCUT2D eigenvalue weighted by atomic mass is 10.2. The monoisotopic (exact) mass is 474 g/mol. The molecule has 1 aromatic heterocycles. The average Bonchev–Trinajstić information content (AvgIpc) is 3.20. The molecule has 168 valence electrons. The Morgan fingerprint density at radius 1 is 1.16 bits per heavy atom. The van der Waals surface area contributed by atoms with Crippen LogP contribution in [-0.2, 0) is 16.1 Å². The van der Waals surface area contributed by atoms with Gasteiger partial charge in [0.1, 0.15) is 11.0 Å². The Morgan fingerprint density at radius 2 is 1.88 bits per heavy atom. The number of aromatic nitrogens is 3. The summed E-state index contributed by atoms with van der Waals surface area (Å²) in [6.07, 6.45) is 0. The number of hydrogen-bond donors (Lipinski definition) is 1. The fraction of sp³-hybridized carbons (Fsp3) is 0.273. The molecule has 3 rings (SSSR count). The van der Waals surface area contributed by atoms with Gasteiger partial charge in [-0.05, 0) is 50.2 Å². The standard InChI is InChI=1S/C22H23ClN4O4S/c1-4-31-21(29)14(2)32-22-26-25-19(27(22)18-8-6-5-7-17(18)23)13-24-20(28)15-9-11-16(30-3)12-10-15/h5-12,14H,4,13H2,1-3H3,(H,24,28)/t14-/m0/s1. The van der Waals surface area contributed by atoms with Gasteiger partial charge in [-0.1, -0.05) is 35.5 Å². The number of nitrogens with one attached hydrogen (secondary N) is 1. The molecule has 0 aliphatic rings. The molecule has 0 spiro atoms. The molecule has 3 aromatic rings. The molecule has 0 radical (unpaired) electrons. The zero-order valence-electron chi connectivity index (χ0n) is 17.9. The van der Waals surface area contributed by atoms with Gasteiger partial charge in [-0.25, -0.2) is 0 Å². The van der Waals surface area contributed by atoms with Gasteiger partial charge >= 0.3 is 5.97 Å². The molecule has 0 aliphatic carbocycles. The van der Waals surface area contributed by atoms with Crippen molar-refractivity contribution in [2.75, 3.05) is 13.7 Å². The maximum atomic E-state index is 12.6. The number of ether oxygens (including phenoxy) is 2. The van der Waals surface area contributed by atoms with Crippen LogP contribution in [0.1, 0.15) is 30.0 Å². The van der Waals surface area contributed by atoms with Crippen LogP contribution in [0.15, 0.2) is 53.7 Å². The molecule has 1 N–H and O–H groups in total. The van der Waals surface area contributed by atoms with Gasteiger partial charge in [0.05, 0.1) is 31.0 Å². The molecule has 0 aliphatic heterocycles. The zero-order chi connectivity index (χ0) is 23.1. The molecule has 1 heterocycles. The summed E-state index contributed by atoms with van der Waals surface area (Å²) in [4.78, 5) is 24.7. The number of thioether (sulfide) groups is 1. The number of methoxy groups -OCH3 is 1. The number of para-hydroxylation sites is 1. The number of benzene rings is 2. The highest BCUT2D eigenvalue weighted by molar-refractivity contribution is 8.00. The van der Waals surface area contributed by atoms with E-state index in [0.717, 1.165) is 0 Å². The maximum Gasteiger partial charge on any atom is 0.319 e. The van der Waals surface area contributed by atoms with E-state index < -0.39 is 5.25 Å². The summed E-state index contributed by atoms with van der Waals surface area (Å²) in [6.45, 7) is 3.89. The van der Waals surface area contributed by atoms with Crippen molar-refractivity contribution >= 4 is 35.2 Å². The molecule has 32 heavy (non-hydrogen) atoms. The fourth-order valence-electron chi connectivity index (χ4n) is 2.84. The van der Waals surface area contributed by atoms with Crippen molar-refractivity contribution in [3.8, 4) is 11.4 Å². The van der Waals surface area contributed by atoms with Gasteiger partial charge in [0, 0.05) is 5.56 Å². The van der Waals surface area contributed by atoms with Crippen molar-refractivity contribution in [1.82, 2.24) is 20.1 Å². The summed E-state index contributed by atoms with van der Waals surface area (Å²) in [6, 6.07) is 14.0. The number of hydrogen-bond acceptors (Lipinski definition) is 7. The van der Waals surface area contributed by atoms with E-state index in [4.69, 9.17) is 21.1 Å². The third kappa shape index (κ3) is 5.60. The highest BCUT2D eigenvalue weighted by Crippen LogP contribution is 2.29. The minimum absolute atomic E-state index is 0.109. The summed E-state index contributed by atoms with van der Waals surface area (Å²) in [5.74, 6) is 0.520. The highest BCUT2D eigenvalue weighted by atomic mass is 35.5. The minimum atomic E-state index is -0.498. The Labute approximate surface area is 195 Å². The van der Waals surface area contributed by atoms with Crippen LogP contribution in [0.25, 0.3) is 5.69 Å². The number of esters is 1. The van der Waals surface area contributed by atoms with Gasteiger partial charge in [-0.15, -0.1) is 10.2 Å². The minimum Gasteiger partial charge on any atom is -0.497 e. The Kier molecular flexibility index (Phi) is 8.13. The van der Waals surface area contributed by atoms with Crippen LogP contribution < -0.4 is 10.1 Å². The van der Waals surface area contributed by atoms with Crippen molar-refractivity contribution in [3.63, 3.8) is 0 Å². The Bertz CT molecular complexity index is 1090. The quantitative estimate of drug-likeness (QED) is 0.371. The van der Waals surface area contributed by atoms with Crippen LogP contribution in [0.5, 0.6) is 5.75 Å². The Balaban J connectivity index is 1.85. The number of carbonyl (C=O) groups is 2. The summed E-state index contributed by atoms with van der Waals surface area (Å²) < 4.78 is 11.9. The zero-order valence-corrected chi connectivity index (χ0v) is 19.4. The SMILES string of the molecule is CCOC(=O)[C@H](C)Sc1nnc(CNC(=O)c2ccc(OC)cc2)n1-c1ccccc1Cl. The van der Waals surface area contributed by atoms with Crippen molar-refractivity contribution in [1.29, 1.82) is 0 Å². The molecule has 0 fully saturated rings. The molecule has 0 saturated heterocycles. The first-order chi connectivity index (χ1) is 15.4. The van der Waals surface area contributed by atoms with E-state index in [0.29, 0.717) is 39.6 Å². The second kappa shape index (κ2) is 11.0. The molecular weight excluding hydrogens is 452 g/mol. The van der Waals surface area contributed by atoms with Crippen LogP contribution in [0.3, 0.4) is 0 Å². The molecule has 2 aromatic carbocycles. The Hall–Kier alpha value is -3.04. The third-order valence-electron chi connectivity index (χ3n) is 4.45. The van der Waals surface area contributed by atoms with E-state index in [1.165, 1.54) is 11.8 Å². The summed E-state index contributed by atoms with van der Waals surface area (Å²) in [5.41, 5.74) is 1.13. The number of nitrogens with zero attached hydrogens (tertiary/aromatic N) is 3. The van der Waals surface area contributed by atoms with Gasteiger partial charge in [-0.3, -0.25) is 14.2 Å². The van der Waals surface area contributed by atoms with Crippen molar-refractivity contribution in [2.45, 2.75) is 30.8 Å². The van der Waals surface area contributed by atoms with Gasteiger partial charge in [0.15, 0.2) is 11.0 Å². The number of amides is 1. The second-order valence-corrected chi connectivity index (χ2v) is 8.32. The molecule has 1 atom stereocenters. The molecule has 8 nitrogen and oxygen atoms in total. The van der Waals surface area contributed by atoms with E-state index in [9.17, 15) is 9.59 Å². The van der Waals surface area contributed by atoms with Crippen LogP contribution in [0.2, 0.25) is 5.02 Å². The summed E-state index contributed by atoms with van der Waals surface area (Å²) >= 11 is 7.63. The highest BCUT2D eigenvalue weighted by Gasteiger charge is 2.23. The lowest BCUT2D eigenvalue weighted by molar-refractivity contribution is -0.142. The number of carbonyl (C=O) groups excluding carboxylic acids is 2. The van der Waals surface area contributed by atoms with Gasteiger partial charge in [0.2, 0.25) is 0 Å². The first kappa shape index (κ1) is 23.6. The predicted octanol–water partition coefficient (Wildman–Crippen LogP) is 3.90. The third-order valence-corrected chi connectivity index (χ3v) is 5.79. The van der Waals surface area contributed by atoms with Crippen LogP contribution in [-0.4, -0.2) is 45.6 Å². The van der Waals surface area contributed by atoms with E-state index in [-0.39, 0.29) is 18.4 Å². The average molecular weight is 475 g/mol. The van der Waals surface area contributed by atoms with Crippen LogP contribution in [0.4, 0.5) is 0 Å². The molecular formula is C22H23ClN4O4S. The molecule has 1 amide bonds. The fourth-order valence-corrected chi connectivity index (χ4v) is 3.93. The predicted molar refractivity (Wildman–Crippen MR) is 122 cm³/mol. The lowest BCUT2D eigenvalue weighted by Crippen LogP contribution is -2.24. The lowest BCUT2D eigenvalue weighted by Gasteiger charge is -2.14. The number of halogens is 1. The molecule has 0 bridgehead atoms. The molecule has 10 heteroatoms.